The van der Waals surface area contributed by atoms with Crippen LogP contribution in [0.25, 0.3) is 0 Å². The zero-order valence-electron chi connectivity index (χ0n) is 10.8. The molecule has 0 aliphatic heterocycles. The fraction of sp³-hybridized carbons (Fsp3) is 0.143. The second-order valence-corrected chi connectivity index (χ2v) is 5.46. The molecule has 0 aliphatic carbocycles. The first kappa shape index (κ1) is 14.7. The number of rotatable bonds is 5. The lowest BCUT2D eigenvalue weighted by atomic mass is 10.2. The molecule has 0 aliphatic rings. The number of nitrogens with one attached hydrogen (secondary N) is 1. The molecule has 104 valence electrons. The summed E-state index contributed by atoms with van der Waals surface area (Å²) in [7, 11) is 0. The van der Waals surface area contributed by atoms with Crippen molar-refractivity contribution in [3.63, 3.8) is 0 Å². The van der Waals surface area contributed by atoms with Crippen LogP contribution in [-0.4, -0.2) is 11.5 Å². The van der Waals surface area contributed by atoms with Gasteiger partial charge in [0.05, 0.1) is 14.8 Å². The molecule has 0 atom stereocenters. The number of hydrogen-bond donors (Lipinski definition) is 1. The van der Waals surface area contributed by atoms with Gasteiger partial charge in [0.1, 0.15) is 5.69 Å². The molecule has 6 heteroatoms. The summed E-state index contributed by atoms with van der Waals surface area (Å²) in [5, 5.41) is 14.9. The Kier molecular flexibility index (Phi) is 4.87. The highest BCUT2D eigenvalue weighted by Gasteiger charge is 2.20. The maximum absolute atomic E-state index is 11.3. The minimum Gasteiger partial charge on any atom is -0.380 e. The molecular weight excluding hydrogens is 296 g/mol. The average Bonchev–Trinajstić information content (AvgIpc) is 2.41. The van der Waals surface area contributed by atoms with E-state index in [-0.39, 0.29) is 10.6 Å². The molecule has 0 bridgehead atoms. The van der Waals surface area contributed by atoms with Gasteiger partial charge in [-0.3, -0.25) is 10.1 Å². The Morgan fingerprint density at radius 1 is 1.20 bits per heavy atom. The van der Waals surface area contributed by atoms with Gasteiger partial charge in [-0.2, -0.15) is 0 Å². The highest BCUT2D eigenvalue weighted by molar-refractivity contribution is 7.99. The molecule has 2 aromatic carbocycles. The van der Waals surface area contributed by atoms with E-state index in [0.29, 0.717) is 22.2 Å². The van der Waals surface area contributed by atoms with Crippen LogP contribution in [0, 0.1) is 10.1 Å². The first-order valence-electron chi connectivity index (χ1n) is 6.07. The third-order valence-electron chi connectivity index (χ3n) is 2.61. The fourth-order valence-corrected chi connectivity index (χ4v) is 3.00. The third-order valence-corrected chi connectivity index (χ3v) is 4.17. The highest BCUT2D eigenvalue weighted by Crippen LogP contribution is 2.41. The van der Waals surface area contributed by atoms with Crippen LogP contribution in [0.1, 0.15) is 6.92 Å². The molecule has 0 radical (unpaired) electrons. The number of benzene rings is 2. The third kappa shape index (κ3) is 3.23. The van der Waals surface area contributed by atoms with Crippen molar-refractivity contribution < 1.29 is 4.92 Å². The van der Waals surface area contributed by atoms with Gasteiger partial charge >= 0.3 is 5.69 Å². The summed E-state index contributed by atoms with van der Waals surface area (Å²) in [6, 6.07) is 12.5. The summed E-state index contributed by atoms with van der Waals surface area (Å²) in [5.74, 6) is 0. The fourth-order valence-electron chi connectivity index (χ4n) is 1.77. The minimum absolute atomic E-state index is 0.0827. The van der Waals surface area contributed by atoms with Gasteiger partial charge in [0.2, 0.25) is 0 Å². The van der Waals surface area contributed by atoms with Crippen LogP contribution in [0.15, 0.2) is 52.3 Å². The van der Waals surface area contributed by atoms with E-state index in [0.717, 1.165) is 4.90 Å². The Balaban J connectivity index is 2.44. The van der Waals surface area contributed by atoms with E-state index in [4.69, 9.17) is 11.6 Å². The van der Waals surface area contributed by atoms with Crippen LogP contribution >= 0.6 is 23.4 Å². The summed E-state index contributed by atoms with van der Waals surface area (Å²) >= 11 is 7.40. The van der Waals surface area contributed by atoms with E-state index < -0.39 is 0 Å². The van der Waals surface area contributed by atoms with E-state index in [1.807, 2.05) is 25.1 Å². The minimum atomic E-state index is -0.364. The van der Waals surface area contributed by atoms with Gasteiger partial charge in [0, 0.05) is 11.4 Å². The second-order valence-electron chi connectivity index (χ2n) is 3.97. The van der Waals surface area contributed by atoms with Crippen LogP contribution in [-0.2, 0) is 0 Å². The number of anilines is 1. The molecule has 4 nitrogen and oxygen atoms in total. The molecule has 0 aromatic heterocycles. The Labute approximate surface area is 126 Å². The Morgan fingerprint density at radius 2 is 1.90 bits per heavy atom. The Morgan fingerprint density at radius 3 is 2.55 bits per heavy atom. The van der Waals surface area contributed by atoms with Crippen molar-refractivity contribution in [1.82, 2.24) is 0 Å². The van der Waals surface area contributed by atoms with Crippen molar-refractivity contribution in [3.8, 4) is 0 Å². The van der Waals surface area contributed by atoms with Gasteiger partial charge in [-0.15, -0.1) is 0 Å². The van der Waals surface area contributed by atoms with E-state index in [1.54, 1.807) is 24.3 Å². The second kappa shape index (κ2) is 6.63. The van der Waals surface area contributed by atoms with Gasteiger partial charge in [-0.05, 0) is 31.2 Å². The van der Waals surface area contributed by atoms with Gasteiger partial charge < -0.3 is 5.32 Å². The zero-order valence-corrected chi connectivity index (χ0v) is 12.4. The summed E-state index contributed by atoms with van der Waals surface area (Å²) in [4.78, 5) is 12.3. The standard InChI is InChI=1S/C14H13ClN2O2S/c1-2-16-11-7-5-9-13(14(11)17(18)19)20-12-8-4-3-6-10(12)15/h3-9,16H,2H2,1H3. The number of para-hydroxylation sites is 1. The van der Waals surface area contributed by atoms with Crippen LogP contribution in [0.4, 0.5) is 11.4 Å². The predicted octanol–water partition coefficient (Wildman–Crippen LogP) is 4.83. The molecule has 2 rings (SSSR count). The van der Waals surface area contributed by atoms with E-state index in [2.05, 4.69) is 5.32 Å². The molecular formula is C14H13ClN2O2S. The SMILES string of the molecule is CCNc1cccc(Sc2ccccc2Cl)c1[N+](=O)[O-]. The molecule has 0 saturated carbocycles. The first-order chi connectivity index (χ1) is 9.63. The van der Waals surface area contributed by atoms with Crippen molar-refractivity contribution in [2.45, 2.75) is 16.7 Å². The molecule has 0 heterocycles. The van der Waals surface area contributed by atoms with Crippen molar-refractivity contribution in [2.75, 3.05) is 11.9 Å². The lowest BCUT2D eigenvalue weighted by molar-refractivity contribution is -0.386. The van der Waals surface area contributed by atoms with Crippen molar-refractivity contribution in [2.24, 2.45) is 0 Å². The largest absolute Gasteiger partial charge is 0.380 e. The number of hydrogen-bond acceptors (Lipinski definition) is 4. The summed E-state index contributed by atoms with van der Waals surface area (Å²) in [6.45, 7) is 2.53. The highest BCUT2D eigenvalue weighted by atomic mass is 35.5. The molecule has 0 saturated heterocycles. The van der Waals surface area contributed by atoms with Crippen LogP contribution in [0.5, 0.6) is 0 Å². The number of halogens is 1. The quantitative estimate of drug-likeness (QED) is 0.635. The number of nitro groups is 1. The molecule has 1 N–H and O–H groups in total. The van der Waals surface area contributed by atoms with Crippen molar-refractivity contribution in [3.05, 3.63) is 57.6 Å². The maximum atomic E-state index is 11.3. The topological polar surface area (TPSA) is 55.2 Å². The van der Waals surface area contributed by atoms with E-state index >= 15 is 0 Å². The number of nitro benzene ring substituents is 1. The smallest absolute Gasteiger partial charge is 0.306 e. The first-order valence-corrected chi connectivity index (χ1v) is 7.26. The molecule has 0 unspecified atom stereocenters. The van der Waals surface area contributed by atoms with Gasteiger partial charge in [-0.25, -0.2) is 0 Å². The van der Waals surface area contributed by atoms with Gasteiger partial charge in [0.25, 0.3) is 0 Å². The van der Waals surface area contributed by atoms with E-state index in [1.165, 1.54) is 11.8 Å². The van der Waals surface area contributed by atoms with Crippen molar-refractivity contribution >= 4 is 34.7 Å². The van der Waals surface area contributed by atoms with Crippen LogP contribution < -0.4 is 5.32 Å². The summed E-state index contributed by atoms with van der Waals surface area (Å²) in [6.07, 6.45) is 0. The van der Waals surface area contributed by atoms with Gasteiger partial charge in [0.15, 0.2) is 0 Å². The van der Waals surface area contributed by atoms with E-state index in [9.17, 15) is 10.1 Å². The van der Waals surface area contributed by atoms with Crippen LogP contribution in [0.3, 0.4) is 0 Å². The Bertz CT molecular complexity index is 634. The Hall–Kier alpha value is -1.72. The monoisotopic (exact) mass is 308 g/mol. The van der Waals surface area contributed by atoms with Crippen LogP contribution in [0.2, 0.25) is 5.02 Å². The molecule has 0 spiro atoms. The summed E-state index contributed by atoms with van der Waals surface area (Å²) < 4.78 is 0. The van der Waals surface area contributed by atoms with Gasteiger partial charge in [-0.1, -0.05) is 41.6 Å². The average molecular weight is 309 g/mol. The molecule has 20 heavy (non-hydrogen) atoms. The number of nitrogens with zero attached hydrogens (tertiary/aromatic N) is 1. The summed E-state index contributed by atoms with van der Waals surface area (Å²) in [5.41, 5.74) is 0.605. The molecule has 0 amide bonds. The normalized spacial score (nSPS) is 10.3. The molecule has 2 aromatic rings. The predicted molar refractivity (Wildman–Crippen MR) is 82.8 cm³/mol. The lowest BCUT2D eigenvalue weighted by Crippen LogP contribution is -2.02. The van der Waals surface area contributed by atoms with Crippen molar-refractivity contribution in [1.29, 1.82) is 0 Å². The maximum Gasteiger partial charge on any atom is 0.306 e. The zero-order chi connectivity index (χ0) is 14.5. The molecule has 0 fully saturated rings. The lowest BCUT2D eigenvalue weighted by Gasteiger charge is -2.09.